The van der Waals surface area contributed by atoms with E-state index in [1.807, 2.05) is 42.5 Å². The Hall–Kier alpha value is -1.71. The van der Waals surface area contributed by atoms with Crippen molar-refractivity contribution < 1.29 is 4.74 Å². The van der Waals surface area contributed by atoms with E-state index in [1.54, 1.807) is 12.1 Å². The topological polar surface area (TPSA) is 21.3 Å². The number of halogens is 3. The van der Waals surface area contributed by atoms with Gasteiger partial charge in [0, 0.05) is 38.8 Å². The van der Waals surface area contributed by atoms with E-state index in [1.165, 1.54) is 5.56 Å². The van der Waals surface area contributed by atoms with Gasteiger partial charge >= 0.3 is 0 Å². The molecule has 1 N–H and O–H groups in total. The molecule has 140 valence electrons. The molecule has 0 spiro atoms. The third kappa shape index (κ3) is 5.40. The van der Waals surface area contributed by atoms with E-state index < -0.39 is 0 Å². The minimum atomic E-state index is 0.205. The van der Waals surface area contributed by atoms with Gasteiger partial charge in [0.25, 0.3) is 0 Å². The molecule has 2 nitrogen and oxygen atoms in total. The largest absolute Gasteiger partial charge is 0.488 e. The van der Waals surface area contributed by atoms with Crippen LogP contribution in [0.15, 0.2) is 66.7 Å². The normalized spacial score (nSPS) is 12.0. The highest BCUT2D eigenvalue weighted by Gasteiger charge is 2.11. The fraction of sp³-hybridized carbons (Fsp3) is 0.182. The second kappa shape index (κ2) is 9.48. The van der Waals surface area contributed by atoms with Crippen molar-refractivity contribution in [2.45, 2.75) is 26.1 Å². The maximum Gasteiger partial charge on any atom is 0.124 e. The SMILES string of the molecule is C[C@@H](NCc1cc(Cl)ccc1OCc1c(Cl)cccc1Cl)c1ccccc1. The minimum Gasteiger partial charge on any atom is -0.488 e. The quantitative estimate of drug-likeness (QED) is 0.441. The fourth-order valence-electron chi connectivity index (χ4n) is 2.77. The molecule has 27 heavy (non-hydrogen) atoms. The lowest BCUT2D eigenvalue weighted by atomic mass is 10.1. The summed E-state index contributed by atoms with van der Waals surface area (Å²) >= 11 is 18.7. The van der Waals surface area contributed by atoms with E-state index in [9.17, 15) is 0 Å². The van der Waals surface area contributed by atoms with Crippen LogP contribution in [0.1, 0.15) is 29.7 Å². The lowest BCUT2D eigenvalue weighted by molar-refractivity contribution is 0.302. The number of benzene rings is 3. The molecule has 0 aromatic heterocycles. The highest BCUT2D eigenvalue weighted by molar-refractivity contribution is 6.36. The van der Waals surface area contributed by atoms with Crippen LogP contribution >= 0.6 is 34.8 Å². The summed E-state index contributed by atoms with van der Waals surface area (Å²) in [6.07, 6.45) is 0. The van der Waals surface area contributed by atoms with E-state index in [2.05, 4.69) is 24.4 Å². The van der Waals surface area contributed by atoms with Crippen molar-refractivity contribution in [3.05, 3.63) is 98.5 Å². The molecule has 3 rings (SSSR count). The number of hydrogen-bond acceptors (Lipinski definition) is 2. The van der Waals surface area contributed by atoms with Crippen LogP contribution in [0.4, 0.5) is 0 Å². The molecule has 0 unspecified atom stereocenters. The molecule has 3 aromatic rings. The zero-order valence-corrected chi connectivity index (χ0v) is 17.2. The van der Waals surface area contributed by atoms with Gasteiger partial charge in [-0.1, -0.05) is 71.2 Å². The average Bonchev–Trinajstić information content (AvgIpc) is 2.67. The Kier molecular flexibility index (Phi) is 7.03. The molecule has 0 aliphatic carbocycles. The summed E-state index contributed by atoms with van der Waals surface area (Å²) in [7, 11) is 0. The van der Waals surface area contributed by atoms with Crippen LogP contribution in [0.3, 0.4) is 0 Å². The van der Waals surface area contributed by atoms with Gasteiger partial charge in [-0.05, 0) is 42.8 Å². The summed E-state index contributed by atoms with van der Waals surface area (Å²) in [6, 6.07) is 21.5. The summed E-state index contributed by atoms with van der Waals surface area (Å²) in [5.41, 5.74) is 2.98. The highest BCUT2D eigenvalue weighted by Crippen LogP contribution is 2.28. The number of nitrogens with one attached hydrogen (secondary N) is 1. The lowest BCUT2D eigenvalue weighted by Crippen LogP contribution is -2.18. The molecule has 0 heterocycles. The summed E-state index contributed by atoms with van der Waals surface area (Å²) in [5.74, 6) is 0.753. The first-order valence-corrected chi connectivity index (χ1v) is 9.80. The second-order valence-corrected chi connectivity index (χ2v) is 7.51. The van der Waals surface area contributed by atoms with Crippen LogP contribution in [0.5, 0.6) is 5.75 Å². The Morgan fingerprint density at radius 2 is 1.59 bits per heavy atom. The van der Waals surface area contributed by atoms with Gasteiger partial charge in [0.05, 0.1) is 0 Å². The van der Waals surface area contributed by atoms with Crippen LogP contribution < -0.4 is 10.1 Å². The molecular weight excluding hydrogens is 401 g/mol. The lowest BCUT2D eigenvalue weighted by Gasteiger charge is -2.17. The Labute approximate surface area is 175 Å². The Balaban J connectivity index is 1.71. The highest BCUT2D eigenvalue weighted by atomic mass is 35.5. The van der Waals surface area contributed by atoms with E-state index in [0.29, 0.717) is 28.2 Å². The zero-order valence-electron chi connectivity index (χ0n) is 14.9. The molecule has 0 fully saturated rings. The molecule has 0 saturated heterocycles. The number of ether oxygens (including phenoxy) is 1. The van der Waals surface area contributed by atoms with Crippen molar-refractivity contribution >= 4 is 34.8 Å². The molecule has 0 amide bonds. The molecule has 1 atom stereocenters. The van der Waals surface area contributed by atoms with Crippen molar-refractivity contribution in [2.75, 3.05) is 0 Å². The number of rotatable bonds is 7. The summed E-state index contributed by atoms with van der Waals surface area (Å²) in [5, 5.41) is 5.36. The standard InChI is InChI=1S/C22H20Cl3NO/c1-15(16-6-3-2-4-7-16)26-13-17-12-18(23)10-11-22(17)27-14-19-20(24)8-5-9-21(19)25/h2-12,15,26H,13-14H2,1H3/t15-/m1/s1. The molecule has 0 aliphatic rings. The van der Waals surface area contributed by atoms with Crippen LogP contribution in [0.25, 0.3) is 0 Å². The molecular formula is C22H20Cl3NO. The van der Waals surface area contributed by atoms with Gasteiger partial charge in [-0.15, -0.1) is 0 Å². The van der Waals surface area contributed by atoms with Crippen LogP contribution in [0, 0.1) is 0 Å². The minimum absolute atomic E-state index is 0.205. The Bertz CT molecular complexity index is 879. The monoisotopic (exact) mass is 419 g/mol. The van der Waals surface area contributed by atoms with Crippen LogP contribution in [0.2, 0.25) is 15.1 Å². The molecule has 0 radical (unpaired) electrons. The Morgan fingerprint density at radius 3 is 2.30 bits per heavy atom. The number of hydrogen-bond donors (Lipinski definition) is 1. The molecule has 0 aliphatic heterocycles. The van der Waals surface area contributed by atoms with Gasteiger partial charge in [-0.3, -0.25) is 0 Å². The second-order valence-electron chi connectivity index (χ2n) is 6.25. The maximum atomic E-state index is 6.23. The van der Waals surface area contributed by atoms with E-state index in [0.717, 1.165) is 16.9 Å². The van der Waals surface area contributed by atoms with Crippen LogP contribution in [-0.2, 0) is 13.2 Å². The predicted octanol–water partition coefficient (Wildman–Crippen LogP) is 7.08. The van der Waals surface area contributed by atoms with Gasteiger partial charge < -0.3 is 10.1 Å². The predicted molar refractivity (Wildman–Crippen MR) is 114 cm³/mol. The first-order chi connectivity index (χ1) is 13.0. The third-order valence-corrected chi connectivity index (χ3v) is 5.30. The van der Waals surface area contributed by atoms with Crippen molar-refractivity contribution in [3.8, 4) is 5.75 Å². The van der Waals surface area contributed by atoms with E-state index >= 15 is 0 Å². The van der Waals surface area contributed by atoms with Gasteiger partial charge in [0.2, 0.25) is 0 Å². The zero-order chi connectivity index (χ0) is 19.2. The first kappa shape index (κ1) is 20.0. The summed E-state index contributed by atoms with van der Waals surface area (Å²) < 4.78 is 6.01. The summed E-state index contributed by atoms with van der Waals surface area (Å²) in [6.45, 7) is 3.05. The average molecular weight is 421 g/mol. The molecule has 0 saturated carbocycles. The first-order valence-electron chi connectivity index (χ1n) is 8.67. The smallest absolute Gasteiger partial charge is 0.124 e. The maximum absolute atomic E-state index is 6.23. The summed E-state index contributed by atoms with van der Waals surface area (Å²) in [4.78, 5) is 0. The molecule has 0 bridgehead atoms. The van der Waals surface area contributed by atoms with Crippen LogP contribution in [-0.4, -0.2) is 0 Å². The molecule has 5 heteroatoms. The van der Waals surface area contributed by atoms with E-state index in [4.69, 9.17) is 39.5 Å². The van der Waals surface area contributed by atoms with Crippen molar-refractivity contribution in [1.82, 2.24) is 5.32 Å². The van der Waals surface area contributed by atoms with Crippen molar-refractivity contribution in [1.29, 1.82) is 0 Å². The van der Waals surface area contributed by atoms with Crippen molar-refractivity contribution in [2.24, 2.45) is 0 Å². The van der Waals surface area contributed by atoms with Crippen molar-refractivity contribution in [3.63, 3.8) is 0 Å². The van der Waals surface area contributed by atoms with Gasteiger partial charge in [0.1, 0.15) is 12.4 Å². The third-order valence-electron chi connectivity index (χ3n) is 4.35. The van der Waals surface area contributed by atoms with Gasteiger partial charge in [-0.25, -0.2) is 0 Å². The Morgan fingerprint density at radius 1 is 0.889 bits per heavy atom. The fourth-order valence-corrected chi connectivity index (χ4v) is 3.47. The molecule has 3 aromatic carbocycles. The van der Waals surface area contributed by atoms with E-state index in [-0.39, 0.29) is 6.04 Å². The van der Waals surface area contributed by atoms with Gasteiger partial charge in [0.15, 0.2) is 0 Å². The van der Waals surface area contributed by atoms with Gasteiger partial charge in [-0.2, -0.15) is 0 Å².